The summed E-state index contributed by atoms with van der Waals surface area (Å²) in [6.45, 7) is 6.03. The Morgan fingerprint density at radius 1 is 1.23 bits per heavy atom. The molecule has 0 unspecified atom stereocenters. The third-order valence-electron chi connectivity index (χ3n) is 5.36. The topological polar surface area (TPSA) is 94.1 Å². The summed E-state index contributed by atoms with van der Waals surface area (Å²) in [5.74, 6) is 0.440. The lowest BCUT2D eigenvalue weighted by Crippen LogP contribution is -2.61. The number of nitrogens with one attached hydrogen (secondary N) is 2. The van der Waals surface area contributed by atoms with E-state index < -0.39 is 12.0 Å². The number of nitrogens with zero attached hydrogens (tertiary/aromatic N) is 3. The number of aromatic nitrogens is 3. The Labute approximate surface area is 171 Å². The molecule has 1 atom stereocenters. The predicted octanol–water partition coefficient (Wildman–Crippen LogP) is 3.31. The van der Waals surface area contributed by atoms with E-state index in [0.29, 0.717) is 46.8 Å². The summed E-state index contributed by atoms with van der Waals surface area (Å²) in [6, 6.07) is 7.63. The Hall–Kier alpha value is -3.07. The molecular formula is C21H23F2N5O2. The van der Waals surface area contributed by atoms with E-state index in [9.17, 15) is 18.7 Å². The van der Waals surface area contributed by atoms with Gasteiger partial charge in [-0.05, 0) is 38.5 Å². The van der Waals surface area contributed by atoms with E-state index in [-0.39, 0.29) is 17.2 Å². The standard InChI is InChI=1S/C21H23F2N5O2/c1-11(13-5-4-6-14(7-13)18(22)23)24-19-15-8-16(28-9-21(3,30)10-28)20(29)25-17(15)12(2)26-27-19/h4-8,11,18,30H,9-10H2,1-3H3,(H,24,27)(H,25,29)/t11-/m1/s1. The van der Waals surface area contributed by atoms with Crippen LogP contribution in [0, 0.1) is 6.92 Å². The second-order valence-electron chi connectivity index (χ2n) is 8.10. The van der Waals surface area contributed by atoms with Gasteiger partial charge >= 0.3 is 0 Å². The van der Waals surface area contributed by atoms with E-state index in [4.69, 9.17) is 0 Å². The second-order valence-corrected chi connectivity index (χ2v) is 8.10. The first-order valence-electron chi connectivity index (χ1n) is 9.67. The summed E-state index contributed by atoms with van der Waals surface area (Å²) >= 11 is 0. The van der Waals surface area contributed by atoms with Crippen molar-refractivity contribution < 1.29 is 13.9 Å². The fraction of sp³-hybridized carbons (Fsp3) is 0.381. The smallest absolute Gasteiger partial charge is 0.272 e. The fourth-order valence-electron chi connectivity index (χ4n) is 3.76. The summed E-state index contributed by atoms with van der Waals surface area (Å²) in [5, 5.41) is 22.3. The van der Waals surface area contributed by atoms with Crippen molar-refractivity contribution in [2.45, 2.75) is 38.8 Å². The molecule has 0 amide bonds. The van der Waals surface area contributed by atoms with Crippen LogP contribution in [0.15, 0.2) is 35.1 Å². The third kappa shape index (κ3) is 3.72. The summed E-state index contributed by atoms with van der Waals surface area (Å²) < 4.78 is 26.1. The summed E-state index contributed by atoms with van der Waals surface area (Å²) in [7, 11) is 0. The van der Waals surface area contributed by atoms with Crippen molar-refractivity contribution in [1.29, 1.82) is 0 Å². The summed E-state index contributed by atoms with van der Waals surface area (Å²) in [6.07, 6.45) is -2.54. The van der Waals surface area contributed by atoms with Crippen LogP contribution in [0.4, 0.5) is 20.3 Å². The van der Waals surface area contributed by atoms with Crippen LogP contribution in [-0.4, -0.2) is 39.0 Å². The number of benzene rings is 1. The maximum atomic E-state index is 13.0. The lowest BCUT2D eigenvalue weighted by molar-refractivity contribution is 0.0309. The van der Waals surface area contributed by atoms with Crippen molar-refractivity contribution >= 4 is 22.4 Å². The van der Waals surface area contributed by atoms with Gasteiger partial charge in [0.05, 0.1) is 22.9 Å². The Balaban J connectivity index is 1.71. The number of pyridine rings is 1. The lowest BCUT2D eigenvalue weighted by Gasteiger charge is -2.45. The van der Waals surface area contributed by atoms with Gasteiger partial charge in [0.25, 0.3) is 12.0 Å². The van der Waals surface area contributed by atoms with Crippen LogP contribution in [0.25, 0.3) is 10.9 Å². The van der Waals surface area contributed by atoms with Crippen LogP contribution in [0.3, 0.4) is 0 Å². The van der Waals surface area contributed by atoms with Gasteiger partial charge in [0.1, 0.15) is 5.69 Å². The number of rotatable bonds is 5. The van der Waals surface area contributed by atoms with Crippen molar-refractivity contribution in [3.63, 3.8) is 0 Å². The maximum Gasteiger partial charge on any atom is 0.272 e. The largest absolute Gasteiger partial charge is 0.386 e. The number of aliphatic hydroxyl groups is 1. The number of aryl methyl sites for hydroxylation is 1. The number of halogens is 2. The normalized spacial score (nSPS) is 16.6. The third-order valence-corrected chi connectivity index (χ3v) is 5.36. The molecule has 9 heteroatoms. The molecule has 158 valence electrons. The van der Waals surface area contributed by atoms with Gasteiger partial charge in [0, 0.05) is 24.0 Å². The molecule has 2 aromatic heterocycles. The summed E-state index contributed by atoms with van der Waals surface area (Å²) in [4.78, 5) is 17.2. The van der Waals surface area contributed by atoms with Gasteiger partial charge in [-0.15, -0.1) is 5.10 Å². The van der Waals surface area contributed by atoms with Crippen LogP contribution in [-0.2, 0) is 0 Å². The average Bonchev–Trinajstić information content (AvgIpc) is 2.68. The van der Waals surface area contributed by atoms with Gasteiger partial charge in [-0.25, -0.2) is 8.78 Å². The fourth-order valence-corrected chi connectivity index (χ4v) is 3.76. The summed E-state index contributed by atoms with van der Waals surface area (Å²) in [5.41, 5.74) is 1.13. The van der Waals surface area contributed by atoms with E-state index in [1.807, 2.05) is 6.92 Å². The SMILES string of the molecule is Cc1nnc(N[C@H](C)c2cccc(C(F)F)c2)c2cc(N3CC(C)(O)C3)c(=O)[nH]c12. The molecule has 3 N–H and O–H groups in total. The number of aromatic amines is 1. The molecule has 30 heavy (non-hydrogen) atoms. The number of alkyl halides is 2. The van der Waals surface area contributed by atoms with Gasteiger partial charge in [-0.1, -0.05) is 18.2 Å². The molecule has 7 nitrogen and oxygen atoms in total. The minimum Gasteiger partial charge on any atom is -0.386 e. The highest BCUT2D eigenvalue weighted by Crippen LogP contribution is 2.31. The first kappa shape index (κ1) is 20.2. The van der Waals surface area contributed by atoms with Gasteiger partial charge in [-0.3, -0.25) is 4.79 Å². The van der Waals surface area contributed by atoms with E-state index in [1.54, 1.807) is 36.9 Å². The van der Waals surface area contributed by atoms with Crippen LogP contribution >= 0.6 is 0 Å². The zero-order valence-corrected chi connectivity index (χ0v) is 16.9. The Morgan fingerprint density at radius 3 is 2.60 bits per heavy atom. The quantitative estimate of drug-likeness (QED) is 0.592. The molecule has 1 fully saturated rings. The van der Waals surface area contributed by atoms with Crippen LogP contribution in [0.1, 0.15) is 43.1 Å². The zero-order chi connectivity index (χ0) is 21.6. The van der Waals surface area contributed by atoms with Crippen molar-refractivity contribution in [1.82, 2.24) is 15.2 Å². The van der Waals surface area contributed by atoms with Crippen LogP contribution in [0.2, 0.25) is 0 Å². The Bertz CT molecular complexity index is 1150. The van der Waals surface area contributed by atoms with E-state index in [1.165, 1.54) is 12.1 Å². The zero-order valence-electron chi connectivity index (χ0n) is 16.9. The Morgan fingerprint density at radius 2 is 1.93 bits per heavy atom. The highest BCUT2D eigenvalue weighted by molar-refractivity contribution is 5.92. The molecule has 1 aliphatic rings. The van der Waals surface area contributed by atoms with Crippen molar-refractivity contribution in [2.75, 3.05) is 23.3 Å². The van der Waals surface area contributed by atoms with Gasteiger partial charge < -0.3 is 20.3 Å². The van der Waals surface area contributed by atoms with Crippen LogP contribution < -0.4 is 15.8 Å². The van der Waals surface area contributed by atoms with Gasteiger partial charge in [-0.2, -0.15) is 5.10 Å². The van der Waals surface area contributed by atoms with Crippen LogP contribution in [0.5, 0.6) is 0 Å². The van der Waals surface area contributed by atoms with Gasteiger partial charge in [0.15, 0.2) is 5.82 Å². The minimum absolute atomic E-state index is 0.0440. The average molecular weight is 415 g/mol. The first-order valence-corrected chi connectivity index (χ1v) is 9.67. The molecule has 0 aliphatic carbocycles. The number of anilines is 2. The molecule has 0 bridgehead atoms. The highest BCUT2D eigenvalue weighted by atomic mass is 19.3. The van der Waals surface area contributed by atoms with Crippen molar-refractivity contribution in [3.8, 4) is 0 Å². The monoisotopic (exact) mass is 415 g/mol. The lowest BCUT2D eigenvalue weighted by atomic mass is 9.96. The molecule has 0 radical (unpaired) electrons. The molecular weight excluding hydrogens is 392 g/mol. The molecule has 1 saturated heterocycles. The molecule has 0 saturated carbocycles. The molecule has 1 aliphatic heterocycles. The molecule has 4 rings (SSSR count). The number of hydrogen-bond donors (Lipinski definition) is 3. The van der Waals surface area contributed by atoms with E-state index >= 15 is 0 Å². The Kier molecular flexibility index (Phi) is 4.93. The maximum absolute atomic E-state index is 13.0. The number of hydrogen-bond acceptors (Lipinski definition) is 6. The number of H-pyrrole nitrogens is 1. The molecule has 3 aromatic rings. The number of fused-ring (bicyclic) bond motifs is 1. The minimum atomic E-state index is -2.54. The highest BCUT2D eigenvalue weighted by Gasteiger charge is 2.37. The van der Waals surface area contributed by atoms with Crippen molar-refractivity contribution in [2.24, 2.45) is 0 Å². The molecule has 0 spiro atoms. The van der Waals surface area contributed by atoms with Crippen molar-refractivity contribution in [3.05, 3.63) is 57.5 Å². The number of β-amino-alcohol motifs (C(OH)–C–C–N with tert-alkyl or cyclic N) is 1. The molecule has 1 aromatic carbocycles. The molecule has 3 heterocycles. The first-order chi connectivity index (χ1) is 14.1. The second kappa shape index (κ2) is 7.32. The van der Waals surface area contributed by atoms with E-state index in [2.05, 4.69) is 20.5 Å². The van der Waals surface area contributed by atoms with Gasteiger partial charge in [0.2, 0.25) is 0 Å². The predicted molar refractivity (Wildman–Crippen MR) is 111 cm³/mol. The van der Waals surface area contributed by atoms with E-state index in [0.717, 1.165) is 0 Å².